The summed E-state index contributed by atoms with van der Waals surface area (Å²) in [4.78, 5) is 0. The van der Waals surface area contributed by atoms with Gasteiger partial charge in [-0.1, -0.05) is 20.8 Å². The van der Waals surface area contributed by atoms with E-state index >= 15 is 0 Å². The lowest BCUT2D eigenvalue weighted by atomic mass is 10.1. The molecule has 0 bridgehead atoms. The van der Waals surface area contributed by atoms with E-state index in [0.717, 1.165) is 24.4 Å². The van der Waals surface area contributed by atoms with Gasteiger partial charge >= 0.3 is 0 Å². The van der Waals surface area contributed by atoms with Gasteiger partial charge in [-0.2, -0.15) is 0 Å². The van der Waals surface area contributed by atoms with E-state index in [1.807, 2.05) is 6.07 Å². The van der Waals surface area contributed by atoms with Crippen molar-refractivity contribution in [3.05, 3.63) is 23.7 Å². The van der Waals surface area contributed by atoms with Crippen LogP contribution in [0.4, 0.5) is 0 Å². The van der Waals surface area contributed by atoms with Crippen LogP contribution in [0.2, 0.25) is 0 Å². The maximum absolute atomic E-state index is 5.78. The summed E-state index contributed by atoms with van der Waals surface area (Å²) in [5, 5.41) is 3.25. The van der Waals surface area contributed by atoms with Crippen LogP contribution in [0.3, 0.4) is 0 Å². The number of ether oxygens (including phenoxy) is 1. The van der Waals surface area contributed by atoms with Gasteiger partial charge in [0.15, 0.2) is 0 Å². The van der Waals surface area contributed by atoms with Crippen molar-refractivity contribution in [2.75, 3.05) is 6.54 Å². The minimum absolute atomic E-state index is 0.280. The van der Waals surface area contributed by atoms with Gasteiger partial charge in [-0.3, -0.25) is 0 Å². The Morgan fingerprint density at radius 1 is 1.38 bits per heavy atom. The Labute approximate surface area is 98.2 Å². The molecule has 0 aliphatic carbocycles. The highest BCUT2D eigenvalue weighted by Gasteiger charge is 2.10. The molecular weight excluding hydrogens is 202 g/mol. The second kappa shape index (κ2) is 6.71. The van der Waals surface area contributed by atoms with Gasteiger partial charge in [0.1, 0.15) is 5.76 Å². The van der Waals surface area contributed by atoms with Crippen molar-refractivity contribution in [2.45, 2.75) is 47.0 Å². The highest BCUT2D eigenvalue weighted by atomic mass is 16.5. The van der Waals surface area contributed by atoms with Crippen LogP contribution in [0.25, 0.3) is 0 Å². The van der Waals surface area contributed by atoms with Crippen LogP contribution in [0.5, 0.6) is 0 Å². The standard InChI is InChI=1S/C13H23NO2/c1-5-14-8-13-12(6-7-15-13)9-16-11(4)10(2)3/h6-7,10-11,14H,5,8-9H2,1-4H3. The maximum Gasteiger partial charge on any atom is 0.123 e. The zero-order valence-corrected chi connectivity index (χ0v) is 10.7. The molecule has 1 aromatic rings. The van der Waals surface area contributed by atoms with Crippen LogP contribution < -0.4 is 5.32 Å². The monoisotopic (exact) mass is 225 g/mol. The minimum Gasteiger partial charge on any atom is -0.468 e. The van der Waals surface area contributed by atoms with Crippen LogP contribution >= 0.6 is 0 Å². The van der Waals surface area contributed by atoms with Crippen molar-refractivity contribution in [1.82, 2.24) is 5.32 Å². The number of furan rings is 1. The Hall–Kier alpha value is -0.800. The Morgan fingerprint density at radius 2 is 2.12 bits per heavy atom. The minimum atomic E-state index is 0.280. The average Bonchev–Trinajstić information content (AvgIpc) is 2.70. The van der Waals surface area contributed by atoms with Crippen LogP contribution in [0, 0.1) is 5.92 Å². The highest BCUT2D eigenvalue weighted by Crippen LogP contribution is 2.14. The summed E-state index contributed by atoms with van der Waals surface area (Å²) in [6, 6.07) is 1.99. The van der Waals surface area contributed by atoms with E-state index in [0.29, 0.717) is 12.5 Å². The second-order valence-electron chi connectivity index (χ2n) is 4.41. The maximum atomic E-state index is 5.78. The molecule has 1 unspecified atom stereocenters. The van der Waals surface area contributed by atoms with E-state index in [2.05, 4.69) is 33.0 Å². The largest absolute Gasteiger partial charge is 0.468 e. The lowest BCUT2D eigenvalue weighted by Gasteiger charge is -2.16. The van der Waals surface area contributed by atoms with Crippen LogP contribution in [0.1, 0.15) is 39.0 Å². The molecule has 1 N–H and O–H groups in total. The fourth-order valence-corrected chi connectivity index (χ4v) is 1.30. The Bertz CT molecular complexity index is 294. The van der Waals surface area contributed by atoms with E-state index in [1.54, 1.807) is 6.26 Å². The molecule has 1 rings (SSSR count). The Balaban J connectivity index is 2.44. The van der Waals surface area contributed by atoms with Crippen LogP contribution in [0.15, 0.2) is 16.7 Å². The molecule has 0 radical (unpaired) electrons. The second-order valence-corrected chi connectivity index (χ2v) is 4.41. The third-order valence-electron chi connectivity index (χ3n) is 2.81. The molecule has 1 heterocycles. The van der Waals surface area contributed by atoms with Crippen LogP contribution in [-0.2, 0) is 17.9 Å². The van der Waals surface area contributed by atoms with Gasteiger partial charge in [-0.15, -0.1) is 0 Å². The molecule has 0 amide bonds. The van der Waals surface area contributed by atoms with Gasteiger partial charge in [-0.25, -0.2) is 0 Å². The number of rotatable bonds is 7. The van der Waals surface area contributed by atoms with Gasteiger partial charge in [-0.05, 0) is 25.5 Å². The molecule has 0 aliphatic rings. The van der Waals surface area contributed by atoms with Gasteiger partial charge in [0.2, 0.25) is 0 Å². The van der Waals surface area contributed by atoms with Crippen molar-refractivity contribution < 1.29 is 9.15 Å². The summed E-state index contributed by atoms with van der Waals surface area (Å²) in [6.07, 6.45) is 2.01. The third-order valence-corrected chi connectivity index (χ3v) is 2.81. The summed E-state index contributed by atoms with van der Waals surface area (Å²) in [6.45, 7) is 10.9. The first-order valence-corrected chi connectivity index (χ1v) is 6.02. The predicted molar refractivity (Wildman–Crippen MR) is 65.2 cm³/mol. The van der Waals surface area contributed by atoms with Gasteiger partial charge in [0.25, 0.3) is 0 Å². The van der Waals surface area contributed by atoms with E-state index < -0.39 is 0 Å². The first-order chi connectivity index (χ1) is 7.65. The summed E-state index contributed by atoms with van der Waals surface area (Å²) in [5.41, 5.74) is 1.15. The van der Waals surface area contributed by atoms with Crippen LogP contribution in [-0.4, -0.2) is 12.6 Å². The molecule has 16 heavy (non-hydrogen) atoms. The van der Waals surface area contributed by atoms with Crippen molar-refractivity contribution in [2.24, 2.45) is 5.92 Å². The van der Waals surface area contributed by atoms with E-state index in [-0.39, 0.29) is 6.10 Å². The fourth-order valence-electron chi connectivity index (χ4n) is 1.30. The SMILES string of the molecule is CCNCc1occc1COC(C)C(C)C. The summed E-state index contributed by atoms with van der Waals surface area (Å²) < 4.78 is 11.2. The van der Waals surface area contributed by atoms with E-state index in [9.17, 15) is 0 Å². The van der Waals surface area contributed by atoms with Gasteiger partial charge in [0.05, 0.1) is 25.5 Å². The molecule has 0 aromatic carbocycles. The predicted octanol–water partition coefficient (Wildman–Crippen LogP) is 2.95. The third kappa shape index (κ3) is 3.99. The number of hydrogen-bond acceptors (Lipinski definition) is 3. The molecule has 3 nitrogen and oxygen atoms in total. The molecule has 0 aliphatic heterocycles. The zero-order chi connectivity index (χ0) is 12.0. The molecule has 0 saturated carbocycles. The van der Waals surface area contributed by atoms with Gasteiger partial charge in [0, 0.05) is 5.56 Å². The van der Waals surface area contributed by atoms with Crippen molar-refractivity contribution in [3.8, 4) is 0 Å². The summed E-state index contributed by atoms with van der Waals surface area (Å²) >= 11 is 0. The fraction of sp³-hybridized carbons (Fsp3) is 0.692. The Kier molecular flexibility index (Phi) is 5.56. The highest BCUT2D eigenvalue weighted by molar-refractivity contribution is 5.15. The molecule has 1 atom stereocenters. The molecule has 1 aromatic heterocycles. The van der Waals surface area contributed by atoms with Crippen molar-refractivity contribution in [1.29, 1.82) is 0 Å². The summed E-state index contributed by atoms with van der Waals surface area (Å²) in [5.74, 6) is 1.53. The quantitative estimate of drug-likeness (QED) is 0.774. The topological polar surface area (TPSA) is 34.4 Å². The molecule has 3 heteroatoms. The average molecular weight is 225 g/mol. The van der Waals surface area contributed by atoms with E-state index in [1.165, 1.54) is 0 Å². The van der Waals surface area contributed by atoms with Crippen molar-refractivity contribution >= 4 is 0 Å². The Morgan fingerprint density at radius 3 is 2.75 bits per heavy atom. The number of nitrogens with one attached hydrogen (secondary N) is 1. The lowest BCUT2D eigenvalue weighted by molar-refractivity contribution is 0.0228. The number of hydrogen-bond donors (Lipinski definition) is 1. The smallest absolute Gasteiger partial charge is 0.123 e. The van der Waals surface area contributed by atoms with Gasteiger partial charge < -0.3 is 14.5 Å². The molecular formula is C13H23NO2. The molecule has 92 valence electrons. The molecule has 0 spiro atoms. The molecule has 0 saturated heterocycles. The normalized spacial score (nSPS) is 13.3. The molecule has 0 fully saturated rings. The first-order valence-electron chi connectivity index (χ1n) is 6.02. The summed E-state index contributed by atoms with van der Waals surface area (Å²) in [7, 11) is 0. The van der Waals surface area contributed by atoms with E-state index in [4.69, 9.17) is 9.15 Å². The lowest BCUT2D eigenvalue weighted by Crippen LogP contribution is -2.16. The first kappa shape index (κ1) is 13.3. The van der Waals surface area contributed by atoms with Crippen molar-refractivity contribution in [3.63, 3.8) is 0 Å². The zero-order valence-electron chi connectivity index (χ0n) is 10.7.